The summed E-state index contributed by atoms with van der Waals surface area (Å²) in [5, 5.41) is 5.53. The first-order chi connectivity index (χ1) is 19.3. The van der Waals surface area contributed by atoms with Gasteiger partial charge in [0.25, 0.3) is 0 Å². The number of nitrogens with zero attached hydrogens (tertiary/aromatic N) is 2. The largest absolute Gasteiger partial charge is 0.492 e. The van der Waals surface area contributed by atoms with E-state index < -0.39 is 0 Å². The number of halogens is 1. The van der Waals surface area contributed by atoms with Crippen LogP contribution in [0.4, 0.5) is 10.2 Å². The quantitative estimate of drug-likeness (QED) is 0.194. The van der Waals surface area contributed by atoms with E-state index in [1.807, 2.05) is 13.1 Å². The van der Waals surface area contributed by atoms with Crippen LogP contribution in [0.2, 0.25) is 0 Å². The lowest BCUT2D eigenvalue weighted by Crippen LogP contribution is -2.09. The Bertz CT molecular complexity index is 1450. The summed E-state index contributed by atoms with van der Waals surface area (Å²) >= 11 is 0. The predicted molar refractivity (Wildman–Crippen MR) is 166 cm³/mol. The van der Waals surface area contributed by atoms with Gasteiger partial charge in [0.15, 0.2) is 0 Å². The first-order valence-corrected chi connectivity index (χ1v) is 13.7. The Balaban J connectivity index is 0.000000376. The van der Waals surface area contributed by atoms with Crippen LogP contribution in [0.1, 0.15) is 54.1 Å². The molecule has 0 aliphatic carbocycles. The van der Waals surface area contributed by atoms with E-state index in [-0.39, 0.29) is 5.82 Å². The summed E-state index contributed by atoms with van der Waals surface area (Å²) < 4.78 is 19.8. The highest BCUT2D eigenvalue weighted by Gasteiger charge is 2.18. The molecule has 2 heterocycles. The monoisotopic (exact) mass is 540 g/mol. The SMILES string of the molecule is C=C.CCCc1c(C(C)c2ccc(OCCn3ccc(N)n3)cc2)[nH]c2ccc(C)cc12.Cc1ccc(F)cc1. The van der Waals surface area contributed by atoms with Crippen LogP contribution >= 0.6 is 0 Å². The molecule has 210 valence electrons. The fourth-order valence-electron chi connectivity index (χ4n) is 4.58. The third-order valence-electron chi connectivity index (χ3n) is 6.67. The van der Waals surface area contributed by atoms with E-state index in [9.17, 15) is 4.39 Å². The molecular weight excluding hydrogens is 499 g/mol. The number of nitrogens with two attached hydrogens (primary N) is 1. The molecule has 0 fully saturated rings. The van der Waals surface area contributed by atoms with Gasteiger partial charge in [-0.25, -0.2) is 4.39 Å². The fourth-order valence-corrected chi connectivity index (χ4v) is 4.58. The molecule has 6 heteroatoms. The number of hydrogen-bond donors (Lipinski definition) is 2. The number of benzene rings is 3. The molecule has 0 saturated heterocycles. The van der Waals surface area contributed by atoms with E-state index in [2.05, 4.69) is 86.5 Å². The lowest BCUT2D eigenvalue weighted by Gasteiger charge is -2.14. The lowest BCUT2D eigenvalue weighted by molar-refractivity contribution is 0.291. The minimum absolute atomic E-state index is 0.171. The number of nitrogen functional groups attached to an aromatic ring is 1. The summed E-state index contributed by atoms with van der Waals surface area (Å²) in [5.74, 6) is 1.52. The molecule has 0 radical (unpaired) electrons. The Labute approximate surface area is 237 Å². The zero-order chi connectivity index (χ0) is 29.1. The predicted octanol–water partition coefficient (Wildman–Crippen LogP) is 8.37. The van der Waals surface area contributed by atoms with Gasteiger partial charge in [-0.2, -0.15) is 5.10 Å². The van der Waals surface area contributed by atoms with Crippen LogP contribution in [0.5, 0.6) is 5.75 Å². The zero-order valence-corrected chi connectivity index (χ0v) is 24.1. The molecule has 3 aromatic carbocycles. The fraction of sp³-hybridized carbons (Fsp3) is 0.265. The van der Waals surface area contributed by atoms with E-state index in [1.54, 1.807) is 22.9 Å². The second-order valence-electron chi connectivity index (χ2n) is 9.75. The minimum Gasteiger partial charge on any atom is -0.492 e. The topological polar surface area (TPSA) is 68.9 Å². The van der Waals surface area contributed by atoms with Crippen molar-refractivity contribution in [3.05, 3.63) is 126 Å². The van der Waals surface area contributed by atoms with Gasteiger partial charge in [0.1, 0.15) is 24.0 Å². The van der Waals surface area contributed by atoms with Crippen LogP contribution in [0.25, 0.3) is 10.9 Å². The van der Waals surface area contributed by atoms with Crippen LogP contribution in [-0.2, 0) is 13.0 Å². The molecule has 1 atom stereocenters. The van der Waals surface area contributed by atoms with Crippen molar-refractivity contribution in [3.8, 4) is 5.75 Å². The molecule has 0 aliphatic heterocycles. The van der Waals surface area contributed by atoms with Gasteiger partial charge in [0.05, 0.1) is 6.54 Å². The van der Waals surface area contributed by atoms with Gasteiger partial charge >= 0.3 is 0 Å². The Morgan fingerprint density at radius 3 is 2.25 bits per heavy atom. The van der Waals surface area contributed by atoms with Crippen molar-refractivity contribution in [1.82, 2.24) is 14.8 Å². The molecule has 0 bridgehead atoms. The van der Waals surface area contributed by atoms with Gasteiger partial charge in [0.2, 0.25) is 0 Å². The molecule has 1 unspecified atom stereocenters. The molecule has 0 saturated carbocycles. The molecule has 2 aromatic heterocycles. The zero-order valence-electron chi connectivity index (χ0n) is 24.1. The van der Waals surface area contributed by atoms with Crippen LogP contribution in [-0.4, -0.2) is 21.4 Å². The van der Waals surface area contributed by atoms with Gasteiger partial charge in [-0.15, -0.1) is 13.2 Å². The first-order valence-electron chi connectivity index (χ1n) is 13.7. The van der Waals surface area contributed by atoms with Crippen molar-refractivity contribution in [2.45, 2.75) is 53.0 Å². The summed E-state index contributed by atoms with van der Waals surface area (Å²) in [5.41, 5.74) is 13.3. The number of fused-ring (bicyclic) bond motifs is 1. The minimum atomic E-state index is -0.171. The number of nitrogens with one attached hydrogen (secondary N) is 1. The number of ether oxygens (including phenoxy) is 1. The van der Waals surface area contributed by atoms with E-state index in [0.717, 1.165) is 24.2 Å². The number of aryl methyl sites for hydroxylation is 3. The third kappa shape index (κ3) is 8.09. The summed E-state index contributed by atoms with van der Waals surface area (Å²) in [6.07, 6.45) is 4.08. The normalized spacial score (nSPS) is 11.2. The second kappa shape index (κ2) is 14.7. The summed E-state index contributed by atoms with van der Waals surface area (Å²) in [6, 6.07) is 23.3. The Morgan fingerprint density at radius 2 is 1.65 bits per heavy atom. The van der Waals surface area contributed by atoms with E-state index >= 15 is 0 Å². The first kappa shape index (κ1) is 30.2. The number of aromatic nitrogens is 3. The highest BCUT2D eigenvalue weighted by Crippen LogP contribution is 2.33. The van der Waals surface area contributed by atoms with Crippen LogP contribution in [0, 0.1) is 19.7 Å². The number of rotatable bonds is 8. The van der Waals surface area contributed by atoms with Gasteiger partial charge in [-0.05, 0) is 73.9 Å². The molecule has 5 rings (SSSR count). The average molecular weight is 541 g/mol. The highest BCUT2D eigenvalue weighted by molar-refractivity contribution is 5.85. The van der Waals surface area contributed by atoms with Gasteiger partial charge in [-0.1, -0.05) is 61.7 Å². The maximum absolute atomic E-state index is 12.1. The highest BCUT2D eigenvalue weighted by atomic mass is 19.1. The number of aromatic amines is 1. The molecule has 5 aromatic rings. The smallest absolute Gasteiger partial charge is 0.145 e. The average Bonchev–Trinajstić information content (AvgIpc) is 3.55. The van der Waals surface area contributed by atoms with Crippen molar-refractivity contribution in [3.63, 3.8) is 0 Å². The van der Waals surface area contributed by atoms with Crippen molar-refractivity contribution >= 4 is 16.7 Å². The maximum Gasteiger partial charge on any atom is 0.145 e. The van der Waals surface area contributed by atoms with Crippen molar-refractivity contribution < 1.29 is 9.13 Å². The molecule has 0 aliphatic rings. The number of hydrogen-bond acceptors (Lipinski definition) is 3. The third-order valence-corrected chi connectivity index (χ3v) is 6.67. The molecular formula is C34H41FN4O. The van der Waals surface area contributed by atoms with Gasteiger partial charge in [0, 0.05) is 28.7 Å². The molecule has 40 heavy (non-hydrogen) atoms. The van der Waals surface area contributed by atoms with Crippen molar-refractivity contribution in [1.29, 1.82) is 0 Å². The van der Waals surface area contributed by atoms with E-state index in [0.29, 0.717) is 24.9 Å². The standard InChI is InChI=1S/C25H30N4O.C7H7F.C2H4/c1-4-5-21-22-16-17(2)6-11-23(22)27-25(21)18(3)19-7-9-20(10-8-19)30-15-14-29-13-12-24(26)28-29;1-6-2-4-7(8)5-3-6;1-2/h6-13,16,18,27H,4-5,14-15H2,1-3H3,(H2,26,28);2-5H,1H3;1-2H2. The van der Waals surface area contributed by atoms with Crippen LogP contribution < -0.4 is 10.5 Å². The van der Waals surface area contributed by atoms with Gasteiger partial charge < -0.3 is 15.5 Å². The Hall–Kier alpha value is -4.32. The number of anilines is 1. The number of H-pyrrole nitrogens is 1. The summed E-state index contributed by atoms with van der Waals surface area (Å²) in [7, 11) is 0. The van der Waals surface area contributed by atoms with E-state index in [4.69, 9.17) is 10.5 Å². The molecule has 3 N–H and O–H groups in total. The molecule has 5 nitrogen and oxygen atoms in total. The second-order valence-corrected chi connectivity index (χ2v) is 9.75. The van der Waals surface area contributed by atoms with Crippen LogP contribution in [0.15, 0.2) is 92.2 Å². The Morgan fingerprint density at radius 1 is 0.975 bits per heavy atom. The molecule has 0 spiro atoms. The van der Waals surface area contributed by atoms with Crippen molar-refractivity contribution in [2.75, 3.05) is 12.3 Å². The van der Waals surface area contributed by atoms with E-state index in [1.165, 1.54) is 45.4 Å². The Kier molecular flexibility index (Phi) is 11.1. The molecule has 0 amide bonds. The van der Waals surface area contributed by atoms with Gasteiger partial charge in [-0.3, -0.25) is 4.68 Å². The lowest BCUT2D eigenvalue weighted by atomic mass is 9.92. The van der Waals surface area contributed by atoms with Crippen molar-refractivity contribution in [2.24, 2.45) is 0 Å². The summed E-state index contributed by atoms with van der Waals surface area (Å²) in [4.78, 5) is 3.69. The summed E-state index contributed by atoms with van der Waals surface area (Å²) in [6.45, 7) is 15.8. The van der Waals surface area contributed by atoms with Crippen LogP contribution in [0.3, 0.4) is 0 Å². The maximum atomic E-state index is 12.1.